The molecule has 4 N–H and O–H groups in total. The Bertz CT molecular complexity index is 377. The SMILES string of the molecule is NNc1ccc(C=CC(=O)O)cc1F. The van der Waals surface area contributed by atoms with Gasteiger partial charge in [-0.05, 0) is 23.8 Å². The fourth-order valence-electron chi connectivity index (χ4n) is 0.920. The lowest BCUT2D eigenvalue weighted by molar-refractivity contribution is -0.131. The minimum Gasteiger partial charge on any atom is -0.478 e. The van der Waals surface area contributed by atoms with E-state index in [0.29, 0.717) is 5.56 Å². The summed E-state index contributed by atoms with van der Waals surface area (Å²) in [6, 6.07) is 4.17. The second-order valence-electron chi connectivity index (χ2n) is 2.56. The number of nitrogens with one attached hydrogen (secondary N) is 1. The van der Waals surface area contributed by atoms with Crippen molar-refractivity contribution < 1.29 is 14.3 Å². The van der Waals surface area contributed by atoms with Gasteiger partial charge < -0.3 is 10.5 Å². The van der Waals surface area contributed by atoms with Crippen LogP contribution >= 0.6 is 0 Å². The molecule has 1 aromatic rings. The first-order valence-corrected chi connectivity index (χ1v) is 3.80. The van der Waals surface area contributed by atoms with Crippen molar-refractivity contribution in [3.63, 3.8) is 0 Å². The predicted octanol–water partition coefficient (Wildman–Crippen LogP) is 1.21. The van der Waals surface area contributed by atoms with Crippen molar-refractivity contribution in [3.05, 3.63) is 35.7 Å². The molecule has 0 saturated carbocycles. The third kappa shape index (κ3) is 2.56. The Kier molecular flexibility index (Phi) is 3.19. The van der Waals surface area contributed by atoms with E-state index in [4.69, 9.17) is 10.9 Å². The number of nitrogen functional groups attached to an aromatic ring is 1. The first-order valence-electron chi connectivity index (χ1n) is 3.80. The molecule has 74 valence electrons. The first-order chi connectivity index (χ1) is 6.63. The predicted molar refractivity (Wildman–Crippen MR) is 50.9 cm³/mol. The number of carboxylic acids is 1. The third-order valence-electron chi connectivity index (χ3n) is 1.57. The van der Waals surface area contributed by atoms with Crippen LogP contribution < -0.4 is 11.3 Å². The molecule has 0 heterocycles. The molecular formula is C9H9FN2O2. The van der Waals surface area contributed by atoms with E-state index in [2.05, 4.69) is 5.43 Å². The number of carbonyl (C=O) groups is 1. The van der Waals surface area contributed by atoms with Gasteiger partial charge in [-0.2, -0.15) is 0 Å². The van der Waals surface area contributed by atoms with E-state index >= 15 is 0 Å². The summed E-state index contributed by atoms with van der Waals surface area (Å²) in [5.74, 6) is 3.42. The van der Waals surface area contributed by atoms with E-state index in [-0.39, 0.29) is 5.69 Å². The van der Waals surface area contributed by atoms with Crippen molar-refractivity contribution in [2.75, 3.05) is 5.43 Å². The van der Waals surface area contributed by atoms with Gasteiger partial charge in [-0.25, -0.2) is 9.18 Å². The van der Waals surface area contributed by atoms with Crippen LogP contribution in [0.1, 0.15) is 5.56 Å². The quantitative estimate of drug-likeness (QED) is 0.386. The molecule has 4 nitrogen and oxygen atoms in total. The molecule has 0 spiro atoms. The number of halogens is 1. The van der Waals surface area contributed by atoms with Crippen LogP contribution in [0, 0.1) is 5.82 Å². The monoisotopic (exact) mass is 196 g/mol. The highest BCUT2D eigenvalue weighted by Gasteiger charge is 1.99. The lowest BCUT2D eigenvalue weighted by Crippen LogP contribution is -2.08. The summed E-state index contributed by atoms with van der Waals surface area (Å²) >= 11 is 0. The molecule has 0 atom stereocenters. The zero-order valence-corrected chi connectivity index (χ0v) is 7.20. The summed E-state index contributed by atoms with van der Waals surface area (Å²) in [5.41, 5.74) is 2.80. The van der Waals surface area contributed by atoms with Crippen LogP contribution in [-0.4, -0.2) is 11.1 Å². The van der Waals surface area contributed by atoms with Crippen molar-refractivity contribution in [1.29, 1.82) is 0 Å². The van der Waals surface area contributed by atoms with Crippen LogP contribution in [0.2, 0.25) is 0 Å². The Morgan fingerprint density at radius 3 is 2.79 bits per heavy atom. The maximum atomic E-state index is 13.1. The second kappa shape index (κ2) is 4.38. The Hall–Kier alpha value is -1.88. The smallest absolute Gasteiger partial charge is 0.328 e. The van der Waals surface area contributed by atoms with Crippen LogP contribution in [0.5, 0.6) is 0 Å². The molecule has 5 heteroatoms. The van der Waals surface area contributed by atoms with Gasteiger partial charge in [0.2, 0.25) is 0 Å². The molecule has 0 aromatic heterocycles. The van der Waals surface area contributed by atoms with Crippen LogP contribution in [0.3, 0.4) is 0 Å². The van der Waals surface area contributed by atoms with Crippen LogP contribution in [-0.2, 0) is 4.79 Å². The minimum absolute atomic E-state index is 0.164. The number of carboxylic acid groups (broad SMARTS) is 1. The van der Waals surface area contributed by atoms with E-state index in [9.17, 15) is 9.18 Å². The highest BCUT2D eigenvalue weighted by Crippen LogP contribution is 2.15. The van der Waals surface area contributed by atoms with Crippen molar-refractivity contribution >= 4 is 17.7 Å². The molecule has 0 aliphatic rings. The van der Waals surface area contributed by atoms with Crippen molar-refractivity contribution in [2.24, 2.45) is 5.84 Å². The topological polar surface area (TPSA) is 75.3 Å². The zero-order valence-electron chi connectivity index (χ0n) is 7.20. The average molecular weight is 196 g/mol. The van der Waals surface area contributed by atoms with Crippen LogP contribution in [0.25, 0.3) is 6.08 Å². The van der Waals surface area contributed by atoms with Gasteiger partial charge in [0.15, 0.2) is 0 Å². The summed E-state index contributed by atoms with van der Waals surface area (Å²) in [5, 5.41) is 8.33. The fourth-order valence-corrected chi connectivity index (χ4v) is 0.920. The molecule has 1 aromatic carbocycles. The number of hydrogen-bond acceptors (Lipinski definition) is 3. The second-order valence-corrected chi connectivity index (χ2v) is 2.56. The molecule has 0 unspecified atom stereocenters. The number of rotatable bonds is 3. The molecule has 0 bridgehead atoms. The van der Waals surface area contributed by atoms with Gasteiger partial charge in [0.1, 0.15) is 5.82 Å². The van der Waals surface area contributed by atoms with E-state index < -0.39 is 11.8 Å². The van der Waals surface area contributed by atoms with E-state index in [1.165, 1.54) is 18.2 Å². The van der Waals surface area contributed by atoms with Gasteiger partial charge in [0.25, 0.3) is 0 Å². The zero-order chi connectivity index (χ0) is 10.6. The lowest BCUT2D eigenvalue weighted by atomic mass is 10.2. The summed E-state index contributed by atoms with van der Waals surface area (Å²) < 4.78 is 13.1. The Morgan fingerprint density at radius 2 is 2.29 bits per heavy atom. The largest absolute Gasteiger partial charge is 0.478 e. The summed E-state index contributed by atoms with van der Waals surface area (Å²) in [7, 11) is 0. The lowest BCUT2D eigenvalue weighted by Gasteiger charge is -2.01. The number of hydrogen-bond donors (Lipinski definition) is 3. The van der Waals surface area contributed by atoms with E-state index in [0.717, 1.165) is 6.08 Å². The number of hydrazine groups is 1. The number of benzene rings is 1. The van der Waals surface area contributed by atoms with Crippen molar-refractivity contribution in [1.82, 2.24) is 0 Å². The molecule has 14 heavy (non-hydrogen) atoms. The minimum atomic E-state index is -1.08. The van der Waals surface area contributed by atoms with Crippen LogP contribution in [0.4, 0.5) is 10.1 Å². The Balaban J connectivity index is 2.91. The van der Waals surface area contributed by atoms with Crippen LogP contribution in [0.15, 0.2) is 24.3 Å². The summed E-state index contributed by atoms with van der Waals surface area (Å²) in [6.07, 6.45) is 2.23. The standard InChI is InChI=1S/C9H9FN2O2/c10-7-5-6(2-4-9(13)14)1-3-8(7)12-11/h1-5,12H,11H2,(H,13,14). The Morgan fingerprint density at radius 1 is 1.57 bits per heavy atom. The van der Waals surface area contributed by atoms with E-state index in [1.807, 2.05) is 0 Å². The average Bonchev–Trinajstić information content (AvgIpc) is 2.15. The molecule has 0 fully saturated rings. The van der Waals surface area contributed by atoms with Gasteiger partial charge in [0, 0.05) is 6.08 Å². The molecule has 0 amide bonds. The molecule has 0 radical (unpaired) electrons. The highest BCUT2D eigenvalue weighted by atomic mass is 19.1. The molecule has 0 saturated heterocycles. The fraction of sp³-hybridized carbons (Fsp3) is 0. The van der Waals surface area contributed by atoms with Gasteiger partial charge >= 0.3 is 5.97 Å². The molecule has 0 aliphatic carbocycles. The van der Waals surface area contributed by atoms with Crippen molar-refractivity contribution in [3.8, 4) is 0 Å². The number of nitrogens with two attached hydrogens (primary N) is 1. The van der Waals surface area contributed by atoms with Gasteiger partial charge in [-0.3, -0.25) is 5.84 Å². The highest BCUT2D eigenvalue weighted by molar-refractivity contribution is 5.85. The maximum absolute atomic E-state index is 13.1. The summed E-state index contributed by atoms with van der Waals surface area (Å²) in [6.45, 7) is 0. The first kappa shape index (κ1) is 10.2. The molecule has 1 rings (SSSR count). The third-order valence-corrected chi connectivity index (χ3v) is 1.57. The summed E-state index contributed by atoms with van der Waals surface area (Å²) in [4.78, 5) is 10.2. The van der Waals surface area contributed by atoms with Gasteiger partial charge in [0.05, 0.1) is 5.69 Å². The van der Waals surface area contributed by atoms with Crippen molar-refractivity contribution in [2.45, 2.75) is 0 Å². The normalized spacial score (nSPS) is 10.4. The Labute approximate surface area is 79.8 Å². The number of aliphatic carboxylic acids is 1. The molecular weight excluding hydrogens is 187 g/mol. The maximum Gasteiger partial charge on any atom is 0.328 e. The van der Waals surface area contributed by atoms with E-state index in [1.54, 1.807) is 6.07 Å². The number of anilines is 1. The molecule has 0 aliphatic heterocycles. The van der Waals surface area contributed by atoms with Gasteiger partial charge in [-0.1, -0.05) is 6.07 Å². The van der Waals surface area contributed by atoms with Gasteiger partial charge in [-0.15, -0.1) is 0 Å².